The number of piperidine rings is 1. The third kappa shape index (κ3) is 3.36. The van der Waals surface area contributed by atoms with Crippen molar-refractivity contribution in [2.24, 2.45) is 0 Å². The van der Waals surface area contributed by atoms with Gasteiger partial charge in [-0.1, -0.05) is 6.07 Å². The molecule has 1 aliphatic rings. The van der Waals surface area contributed by atoms with E-state index in [2.05, 4.69) is 20.1 Å². The fraction of sp³-hybridized carbons (Fsp3) is 0.375. The van der Waals surface area contributed by atoms with Crippen LogP contribution in [0.4, 0.5) is 13.2 Å². The first kappa shape index (κ1) is 18.5. The molecule has 140 valence electrons. The average molecular weight is 389 g/mol. The number of H-pyrrole nitrogens is 1. The Hall–Kier alpha value is -2.26. The lowest BCUT2D eigenvalue weighted by Gasteiger charge is -2.23. The van der Waals surface area contributed by atoms with Crippen molar-refractivity contribution >= 4 is 29.0 Å². The van der Waals surface area contributed by atoms with Gasteiger partial charge in [-0.2, -0.15) is 5.10 Å². The number of hydrogen-bond acceptors (Lipinski definition) is 4. The number of fused-ring (bicyclic) bond motifs is 3. The highest BCUT2D eigenvalue weighted by molar-refractivity contribution is 5.97. The quantitative estimate of drug-likeness (QED) is 0.708. The van der Waals surface area contributed by atoms with Crippen LogP contribution < -0.4 is 15.6 Å². The molecule has 2 N–H and O–H groups in total. The lowest BCUT2D eigenvalue weighted by atomic mass is 9.94. The van der Waals surface area contributed by atoms with Crippen LogP contribution in [0.25, 0.3) is 16.6 Å². The summed E-state index contributed by atoms with van der Waals surface area (Å²) in [6, 6.07) is 5.72. The smallest absolute Gasteiger partial charge is 0.405 e. The molecule has 0 radical (unpaired) electrons. The van der Waals surface area contributed by atoms with Crippen LogP contribution in [-0.2, 0) is 0 Å². The Balaban J connectivity index is 0.00000196. The second-order valence-corrected chi connectivity index (χ2v) is 6.04. The highest BCUT2D eigenvalue weighted by Gasteiger charge is 2.32. The maximum absolute atomic E-state index is 12.7. The zero-order chi connectivity index (χ0) is 17.6. The molecule has 0 aliphatic carbocycles. The summed E-state index contributed by atoms with van der Waals surface area (Å²) in [7, 11) is 0. The predicted octanol–water partition coefficient (Wildman–Crippen LogP) is 2.96. The first-order chi connectivity index (χ1) is 11.9. The highest BCUT2D eigenvalue weighted by atomic mass is 35.5. The molecule has 0 amide bonds. The van der Waals surface area contributed by atoms with Crippen molar-refractivity contribution in [2.75, 3.05) is 13.1 Å². The molecule has 0 saturated carbocycles. The van der Waals surface area contributed by atoms with Crippen molar-refractivity contribution in [1.29, 1.82) is 0 Å². The minimum absolute atomic E-state index is 0. The number of aromatic nitrogens is 3. The number of alkyl halides is 3. The third-order valence-electron chi connectivity index (χ3n) is 4.41. The van der Waals surface area contributed by atoms with Gasteiger partial charge in [0.05, 0.1) is 16.6 Å². The summed E-state index contributed by atoms with van der Waals surface area (Å²) < 4.78 is 43.7. The van der Waals surface area contributed by atoms with Crippen LogP contribution >= 0.6 is 12.4 Å². The molecule has 0 unspecified atom stereocenters. The van der Waals surface area contributed by atoms with Gasteiger partial charge in [0, 0.05) is 12.0 Å². The van der Waals surface area contributed by atoms with Gasteiger partial charge in [-0.15, -0.1) is 25.6 Å². The molecule has 10 heteroatoms. The Bertz CT molecular complexity index is 993. The fourth-order valence-electron chi connectivity index (χ4n) is 3.37. The van der Waals surface area contributed by atoms with E-state index >= 15 is 0 Å². The maximum Gasteiger partial charge on any atom is 0.573 e. The predicted molar refractivity (Wildman–Crippen MR) is 92.1 cm³/mol. The van der Waals surface area contributed by atoms with Gasteiger partial charge in [-0.05, 0) is 38.1 Å². The first-order valence-corrected chi connectivity index (χ1v) is 7.93. The van der Waals surface area contributed by atoms with Gasteiger partial charge in [0.15, 0.2) is 0 Å². The van der Waals surface area contributed by atoms with Crippen LogP contribution in [0.15, 0.2) is 29.1 Å². The first-order valence-electron chi connectivity index (χ1n) is 7.93. The lowest BCUT2D eigenvalue weighted by Crippen LogP contribution is -2.28. The SMILES string of the molecule is Cl.O=c1cc(C2CCNCC2)n2nc3cccc(OC(F)(F)F)c3c2[nH]1. The van der Waals surface area contributed by atoms with Crippen LogP contribution in [-0.4, -0.2) is 34.0 Å². The van der Waals surface area contributed by atoms with Gasteiger partial charge in [0.25, 0.3) is 5.56 Å². The van der Waals surface area contributed by atoms with Crippen molar-refractivity contribution in [3.05, 3.63) is 40.3 Å². The molecular formula is C16H16ClF3N4O2. The zero-order valence-electron chi connectivity index (χ0n) is 13.5. The molecule has 3 aromatic rings. The van der Waals surface area contributed by atoms with Crippen molar-refractivity contribution < 1.29 is 17.9 Å². The zero-order valence-corrected chi connectivity index (χ0v) is 14.3. The number of halogens is 4. The van der Waals surface area contributed by atoms with E-state index in [0.29, 0.717) is 11.2 Å². The van der Waals surface area contributed by atoms with Gasteiger partial charge in [-0.25, -0.2) is 4.52 Å². The van der Waals surface area contributed by atoms with Gasteiger partial charge in [0.1, 0.15) is 11.4 Å². The van der Waals surface area contributed by atoms with Gasteiger partial charge < -0.3 is 15.0 Å². The van der Waals surface area contributed by atoms with Crippen LogP contribution in [0.2, 0.25) is 0 Å². The molecule has 6 nitrogen and oxygen atoms in total. The number of rotatable bonds is 2. The lowest BCUT2D eigenvalue weighted by molar-refractivity contribution is -0.274. The summed E-state index contributed by atoms with van der Waals surface area (Å²) >= 11 is 0. The van der Waals surface area contributed by atoms with E-state index in [4.69, 9.17) is 0 Å². The molecule has 1 saturated heterocycles. The second kappa shape index (κ2) is 6.81. The number of nitrogens with one attached hydrogen (secondary N) is 2. The Kier molecular flexibility index (Phi) is 4.85. The Labute approximate surface area is 151 Å². The van der Waals surface area contributed by atoms with Crippen molar-refractivity contribution in [2.45, 2.75) is 25.1 Å². The van der Waals surface area contributed by atoms with E-state index in [1.54, 1.807) is 6.07 Å². The minimum atomic E-state index is -4.82. The molecule has 1 aliphatic heterocycles. The van der Waals surface area contributed by atoms with E-state index in [0.717, 1.165) is 25.9 Å². The summed E-state index contributed by atoms with van der Waals surface area (Å²) in [5.74, 6) is -0.259. The van der Waals surface area contributed by atoms with Crippen LogP contribution in [0.1, 0.15) is 24.5 Å². The topological polar surface area (TPSA) is 71.4 Å². The summed E-state index contributed by atoms with van der Waals surface area (Å²) in [6.07, 6.45) is -3.16. The van der Waals surface area contributed by atoms with Crippen molar-refractivity contribution in [3.63, 3.8) is 0 Å². The minimum Gasteiger partial charge on any atom is -0.405 e. The number of aromatic amines is 1. The Morgan fingerprint density at radius 3 is 2.65 bits per heavy atom. The normalized spacial score (nSPS) is 16.0. The fourth-order valence-corrected chi connectivity index (χ4v) is 3.37. The Morgan fingerprint density at radius 2 is 1.96 bits per heavy atom. The highest BCUT2D eigenvalue weighted by Crippen LogP contribution is 2.34. The number of hydrogen-bond donors (Lipinski definition) is 2. The summed E-state index contributed by atoms with van der Waals surface area (Å²) in [6.45, 7) is 1.64. The molecule has 1 fully saturated rings. The van der Waals surface area contributed by atoms with Crippen LogP contribution in [0, 0.1) is 0 Å². The second-order valence-electron chi connectivity index (χ2n) is 6.04. The van der Waals surface area contributed by atoms with Crippen LogP contribution in [0.3, 0.4) is 0 Å². The maximum atomic E-state index is 12.7. The number of nitrogens with zero attached hydrogens (tertiary/aromatic N) is 2. The van der Waals surface area contributed by atoms with E-state index in [1.807, 2.05) is 0 Å². The molecule has 1 aromatic carbocycles. The van der Waals surface area contributed by atoms with Crippen LogP contribution in [0.5, 0.6) is 5.75 Å². The van der Waals surface area contributed by atoms with Gasteiger partial charge >= 0.3 is 6.36 Å². The molecule has 0 bridgehead atoms. The average Bonchev–Trinajstić information content (AvgIpc) is 2.93. The number of ether oxygens (including phenoxy) is 1. The molecular weight excluding hydrogens is 373 g/mol. The monoisotopic (exact) mass is 388 g/mol. The van der Waals surface area contributed by atoms with Gasteiger partial charge in [-0.3, -0.25) is 4.79 Å². The Morgan fingerprint density at radius 1 is 1.23 bits per heavy atom. The summed E-state index contributed by atoms with van der Waals surface area (Å²) in [5.41, 5.74) is 0.883. The van der Waals surface area contributed by atoms with Crippen molar-refractivity contribution in [3.8, 4) is 5.75 Å². The molecule has 2 aromatic heterocycles. The third-order valence-corrected chi connectivity index (χ3v) is 4.41. The standard InChI is InChI=1S/C16H15F3N4O2.ClH/c17-16(18,19)25-12-3-1-2-10-14(12)15-21-13(24)8-11(23(15)22-10)9-4-6-20-7-5-9;/h1-3,8-9,20H,4-7H2,(H,21,24);1H. The molecule has 3 heterocycles. The molecule has 26 heavy (non-hydrogen) atoms. The van der Waals surface area contributed by atoms with Gasteiger partial charge in [0.2, 0.25) is 0 Å². The van der Waals surface area contributed by atoms with E-state index in [-0.39, 0.29) is 40.7 Å². The van der Waals surface area contributed by atoms with E-state index < -0.39 is 6.36 Å². The molecule has 4 rings (SSSR count). The van der Waals surface area contributed by atoms with E-state index in [9.17, 15) is 18.0 Å². The molecule has 0 atom stereocenters. The van der Waals surface area contributed by atoms with E-state index in [1.165, 1.54) is 22.7 Å². The summed E-state index contributed by atoms with van der Waals surface area (Å²) in [4.78, 5) is 14.7. The van der Waals surface area contributed by atoms with Crippen molar-refractivity contribution in [1.82, 2.24) is 19.9 Å². The largest absolute Gasteiger partial charge is 0.573 e. The molecule has 0 spiro atoms. The summed E-state index contributed by atoms with van der Waals surface area (Å²) in [5, 5.41) is 7.79. The number of benzene rings is 1.